The summed E-state index contributed by atoms with van der Waals surface area (Å²) in [6, 6.07) is 6.53. The van der Waals surface area contributed by atoms with E-state index in [0.717, 1.165) is 31.5 Å². The fourth-order valence-electron chi connectivity index (χ4n) is 2.73. The SMILES string of the molecule is CCCN1C(=O)C[C@@H](CC)Cc2ccc(C)cc21. The molecule has 0 unspecified atom stereocenters. The Bertz CT molecular complexity index is 439. The van der Waals surface area contributed by atoms with E-state index in [-0.39, 0.29) is 0 Å². The first kappa shape index (κ1) is 13.1. The van der Waals surface area contributed by atoms with E-state index in [1.807, 2.05) is 4.90 Å². The predicted molar refractivity (Wildman–Crippen MR) is 75.9 cm³/mol. The molecule has 0 spiro atoms. The second-order valence-corrected chi connectivity index (χ2v) is 5.36. The van der Waals surface area contributed by atoms with Crippen LogP contribution in [0.5, 0.6) is 0 Å². The summed E-state index contributed by atoms with van der Waals surface area (Å²) >= 11 is 0. The third-order valence-corrected chi connectivity index (χ3v) is 3.83. The maximum Gasteiger partial charge on any atom is 0.227 e. The van der Waals surface area contributed by atoms with E-state index in [0.29, 0.717) is 18.2 Å². The van der Waals surface area contributed by atoms with E-state index < -0.39 is 0 Å². The van der Waals surface area contributed by atoms with Gasteiger partial charge in [0.2, 0.25) is 5.91 Å². The molecule has 2 rings (SSSR count). The number of carbonyl (C=O) groups excluding carboxylic acids is 1. The highest BCUT2D eigenvalue weighted by Gasteiger charge is 2.26. The van der Waals surface area contributed by atoms with Crippen molar-refractivity contribution in [3.8, 4) is 0 Å². The summed E-state index contributed by atoms with van der Waals surface area (Å²) in [5.74, 6) is 0.800. The lowest BCUT2D eigenvalue weighted by atomic mass is 9.94. The Kier molecular flexibility index (Phi) is 4.05. The van der Waals surface area contributed by atoms with Crippen molar-refractivity contribution >= 4 is 11.6 Å². The fraction of sp³-hybridized carbons (Fsp3) is 0.562. The average Bonchev–Trinajstić information content (AvgIpc) is 2.48. The number of benzene rings is 1. The summed E-state index contributed by atoms with van der Waals surface area (Å²) in [4.78, 5) is 14.4. The van der Waals surface area contributed by atoms with E-state index in [4.69, 9.17) is 0 Å². The molecular formula is C16H23NO. The number of fused-ring (bicyclic) bond motifs is 1. The maximum atomic E-state index is 12.4. The van der Waals surface area contributed by atoms with Crippen LogP contribution in [0.4, 0.5) is 5.69 Å². The maximum absolute atomic E-state index is 12.4. The largest absolute Gasteiger partial charge is 0.312 e. The minimum atomic E-state index is 0.299. The second kappa shape index (κ2) is 5.55. The lowest BCUT2D eigenvalue weighted by Crippen LogP contribution is -2.31. The van der Waals surface area contributed by atoms with E-state index in [2.05, 4.69) is 39.0 Å². The molecule has 1 atom stereocenters. The molecule has 0 N–H and O–H groups in total. The molecule has 0 saturated carbocycles. The molecule has 2 nitrogen and oxygen atoms in total. The summed E-state index contributed by atoms with van der Waals surface area (Å²) in [6.45, 7) is 7.25. The first-order chi connectivity index (χ1) is 8.65. The third kappa shape index (κ3) is 2.58. The zero-order valence-electron chi connectivity index (χ0n) is 11.7. The van der Waals surface area contributed by atoms with Crippen molar-refractivity contribution in [1.29, 1.82) is 0 Å². The molecule has 0 saturated heterocycles. The zero-order valence-corrected chi connectivity index (χ0v) is 11.7. The van der Waals surface area contributed by atoms with E-state index >= 15 is 0 Å². The highest BCUT2D eigenvalue weighted by molar-refractivity contribution is 5.95. The van der Waals surface area contributed by atoms with Crippen molar-refractivity contribution in [2.75, 3.05) is 11.4 Å². The third-order valence-electron chi connectivity index (χ3n) is 3.83. The molecule has 98 valence electrons. The molecule has 0 fully saturated rings. The lowest BCUT2D eigenvalue weighted by Gasteiger charge is -2.23. The molecular weight excluding hydrogens is 222 g/mol. The topological polar surface area (TPSA) is 20.3 Å². The molecule has 2 heteroatoms. The van der Waals surface area contributed by atoms with Gasteiger partial charge in [-0.15, -0.1) is 0 Å². The summed E-state index contributed by atoms with van der Waals surface area (Å²) in [6.07, 6.45) is 3.83. The van der Waals surface area contributed by atoms with Gasteiger partial charge in [-0.05, 0) is 42.9 Å². The summed E-state index contributed by atoms with van der Waals surface area (Å²) in [5, 5.41) is 0. The minimum Gasteiger partial charge on any atom is -0.312 e. The summed E-state index contributed by atoms with van der Waals surface area (Å²) in [5.41, 5.74) is 3.72. The monoisotopic (exact) mass is 245 g/mol. The van der Waals surface area contributed by atoms with Gasteiger partial charge in [-0.3, -0.25) is 4.79 Å². The van der Waals surface area contributed by atoms with Crippen LogP contribution in [0.25, 0.3) is 0 Å². The van der Waals surface area contributed by atoms with Crippen molar-refractivity contribution < 1.29 is 4.79 Å². The van der Waals surface area contributed by atoms with Crippen molar-refractivity contribution in [2.24, 2.45) is 5.92 Å². The van der Waals surface area contributed by atoms with Gasteiger partial charge in [0.15, 0.2) is 0 Å². The molecule has 1 amide bonds. The van der Waals surface area contributed by atoms with Crippen LogP contribution in [0, 0.1) is 12.8 Å². The van der Waals surface area contributed by atoms with E-state index in [9.17, 15) is 4.79 Å². The first-order valence-electron chi connectivity index (χ1n) is 7.05. The van der Waals surface area contributed by atoms with Crippen LogP contribution in [0.2, 0.25) is 0 Å². The van der Waals surface area contributed by atoms with Gasteiger partial charge in [0, 0.05) is 18.7 Å². The molecule has 1 aliphatic heterocycles. The van der Waals surface area contributed by atoms with Crippen molar-refractivity contribution in [1.82, 2.24) is 0 Å². The number of carbonyl (C=O) groups is 1. The Balaban J connectivity index is 2.43. The molecule has 0 aromatic heterocycles. The van der Waals surface area contributed by atoms with Crippen LogP contribution in [0.3, 0.4) is 0 Å². The van der Waals surface area contributed by atoms with Crippen LogP contribution in [-0.4, -0.2) is 12.5 Å². The first-order valence-corrected chi connectivity index (χ1v) is 7.05. The van der Waals surface area contributed by atoms with Crippen molar-refractivity contribution in [3.05, 3.63) is 29.3 Å². The second-order valence-electron chi connectivity index (χ2n) is 5.36. The van der Waals surface area contributed by atoms with Gasteiger partial charge >= 0.3 is 0 Å². The Labute approximate surface area is 110 Å². The molecule has 1 aliphatic rings. The smallest absolute Gasteiger partial charge is 0.227 e. The minimum absolute atomic E-state index is 0.299. The molecule has 1 aromatic rings. The van der Waals surface area contributed by atoms with Crippen LogP contribution in [0.15, 0.2) is 18.2 Å². The number of nitrogens with zero attached hydrogens (tertiary/aromatic N) is 1. The number of aryl methyl sites for hydroxylation is 1. The number of anilines is 1. The van der Waals surface area contributed by atoms with Crippen LogP contribution in [0.1, 0.15) is 44.2 Å². The predicted octanol–water partition coefficient (Wildman–Crippen LogP) is 3.71. The van der Waals surface area contributed by atoms with Gasteiger partial charge in [0.05, 0.1) is 0 Å². The van der Waals surface area contributed by atoms with Crippen LogP contribution >= 0.6 is 0 Å². The Morgan fingerprint density at radius 1 is 1.28 bits per heavy atom. The van der Waals surface area contributed by atoms with Gasteiger partial charge in [-0.2, -0.15) is 0 Å². The van der Waals surface area contributed by atoms with Crippen molar-refractivity contribution in [2.45, 2.75) is 46.5 Å². The Morgan fingerprint density at radius 3 is 2.72 bits per heavy atom. The Hall–Kier alpha value is -1.31. The van der Waals surface area contributed by atoms with Crippen LogP contribution in [-0.2, 0) is 11.2 Å². The molecule has 0 bridgehead atoms. The molecule has 0 aliphatic carbocycles. The van der Waals surface area contributed by atoms with Crippen LogP contribution < -0.4 is 4.90 Å². The standard InChI is InChI=1S/C16H23NO/c1-4-8-17-15-9-12(3)6-7-14(15)10-13(5-2)11-16(17)18/h6-7,9,13H,4-5,8,10-11H2,1-3H3/t13-/m0/s1. The van der Waals surface area contributed by atoms with E-state index in [1.54, 1.807) is 0 Å². The molecule has 0 radical (unpaired) electrons. The zero-order chi connectivity index (χ0) is 13.1. The summed E-state index contributed by atoms with van der Waals surface area (Å²) in [7, 11) is 0. The number of amides is 1. The normalized spacial score (nSPS) is 19.6. The number of hydrogen-bond donors (Lipinski definition) is 0. The Morgan fingerprint density at radius 2 is 2.06 bits per heavy atom. The average molecular weight is 245 g/mol. The van der Waals surface area contributed by atoms with Gasteiger partial charge in [0.1, 0.15) is 0 Å². The number of hydrogen-bond acceptors (Lipinski definition) is 1. The van der Waals surface area contributed by atoms with Gasteiger partial charge in [-0.1, -0.05) is 32.4 Å². The summed E-state index contributed by atoms with van der Waals surface area (Å²) < 4.78 is 0. The van der Waals surface area contributed by atoms with Gasteiger partial charge in [0.25, 0.3) is 0 Å². The quantitative estimate of drug-likeness (QED) is 0.795. The van der Waals surface area contributed by atoms with Gasteiger partial charge in [-0.25, -0.2) is 0 Å². The lowest BCUT2D eigenvalue weighted by molar-refractivity contribution is -0.119. The molecule has 1 aromatic carbocycles. The number of rotatable bonds is 3. The molecule has 1 heterocycles. The highest BCUT2D eigenvalue weighted by atomic mass is 16.2. The highest BCUT2D eigenvalue weighted by Crippen LogP contribution is 2.31. The fourth-order valence-corrected chi connectivity index (χ4v) is 2.73. The van der Waals surface area contributed by atoms with Gasteiger partial charge < -0.3 is 4.90 Å². The van der Waals surface area contributed by atoms with E-state index in [1.165, 1.54) is 11.1 Å². The molecule has 18 heavy (non-hydrogen) atoms. The van der Waals surface area contributed by atoms with Crippen molar-refractivity contribution in [3.63, 3.8) is 0 Å².